The first-order valence-electron chi connectivity index (χ1n) is 4.13. The number of nitrogens with one attached hydrogen (secondary N) is 1. The Balaban J connectivity index is 2.03. The molecule has 2 atom stereocenters. The van der Waals surface area contributed by atoms with E-state index in [0.29, 0.717) is 0 Å². The van der Waals surface area contributed by atoms with Crippen molar-refractivity contribution < 1.29 is 4.79 Å². The van der Waals surface area contributed by atoms with Crippen LogP contribution < -0.4 is 5.32 Å². The fourth-order valence-corrected chi connectivity index (χ4v) is 2.21. The summed E-state index contributed by atoms with van der Waals surface area (Å²) in [6.45, 7) is 0.948. The van der Waals surface area contributed by atoms with Crippen LogP contribution in [0.25, 0.3) is 0 Å². The van der Waals surface area contributed by atoms with Crippen LogP contribution in [-0.4, -0.2) is 12.5 Å². The molecule has 1 aliphatic carbocycles. The quantitative estimate of drug-likeness (QED) is 0.531. The zero-order chi connectivity index (χ0) is 6.97. The molecule has 0 bridgehead atoms. The van der Waals surface area contributed by atoms with E-state index in [1.165, 1.54) is 19.3 Å². The van der Waals surface area contributed by atoms with Crippen LogP contribution in [0.1, 0.15) is 25.7 Å². The SMILES string of the molecule is O=C1CC2CCCC2CN1. The largest absolute Gasteiger partial charge is 0.356 e. The van der Waals surface area contributed by atoms with Gasteiger partial charge in [0.15, 0.2) is 0 Å². The van der Waals surface area contributed by atoms with Gasteiger partial charge in [-0.05, 0) is 24.7 Å². The van der Waals surface area contributed by atoms with Gasteiger partial charge >= 0.3 is 0 Å². The molecule has 0 aromatic heterocycles. The van der Waals surface area contributed by atoms with Gasteiger partial charge in [0, 0.05) is 13.0 Å². The Kier molecular flexibility index (Phi) is 1.40. The fourth-order valence-electron chi connectivity index (χ4n) is 2.21. The topological polar surface area (TPSA) is 29.1 Å². The van der Waals surface area contributed by atoms with E-state index in [1.54, 1.807) is 0 Å². The number of fused-ring (bicyclic) bond motifs is 1. The molecule has 56 valence electrons. The van der Waals surface area contributed by atoms with E-state index < -0.39 is 0 Å². The number of carbonyl (C=O) groups is 1. The first-order chi connectivity index (χ1) is 4.86. The predicted octanol–water partition coefficient (Wildman–Crippen LogP) is 0.923. The Hall–Kier alpha value is -0.530. The molecule has 2 nitrogen and oxygen atoms in total. The van der Waals surface area contributed by atoms with Gasteiger partial charge in [-0.2, -0.15) is 0 Å². The minimum absolute atomic E-state index is 0.267. The second-order valence-corrected chi connectivity index (χ2v) is 3.46. The van der Waals surface area contributed by atoms with Crippen molar-refractivity contribution in [2.24, 2.45) is 11.8 Å². The Bertz CT molecular complexity index is 155. The Morgan fingerprint density at radius 3 is 3.00 bits per heavy atom. The number of hydrogen-bond donors (Lipinski definition) is 1. The van der Waals surface area contributed by atoms with Gasteiger partial charge in [-0.25, -0.2) is 0 Å². The number of carbonyl (C=O) groups excluding carboxylic acids is 1. The highest BCUT2D eigenvalue weighted by Crippen LogP contribution is 2.35. The van der Waals surface area contributed by atoms with E-state index in [4.69, 9.17) is 0 Å². The van der Waals surface area contributed by atoms with Crippen molar-refractivity contribution in [3.63, 3.8) is 0 Å². The zero-order valence-corrected chi connectivity index (χ0v) is 6.10. The van der Waals surface area contributed by atoms with Crippen LogP contribution in [0.15, 0.2) is 0 Å². The molecule has 1 amide bonds. The predicted molar refractivity (Wildman–Crippen MR) is 38.5 cm³/mol. The summed E-state index contributed by atoms with van der Waals surface area (Å²) in [7, 11) is 0. The second kappa shape index (κ2) is 2.26. The van der Waals surface area contributed by atoms with Crippen molar-refractivity contribution in [2.45, 2.75) is 25.7 Å². The molecule has 0 aromatic rings. The van der Waals surface area contributed by atoms with Crippen molar-refractivity contribution in [1.29, 1.82) is 0 Å². The van der Waals surface area contributed by atoms with Crippen LogP contribution in [0.4, 0.5) is 0 Å². The van der Waals surface area contributed by atoms with Crippen molar-refractivity contribution in [3.8, 4) is 0 Å². The van der Waals surface area contributed by atoms with E-state index >= 15 is 0 Å². The lowest BCUT2D eigenvalue weighted by Crippen LogP contribution is -2.38. The molecule has 2 fully saturated rings. The summed E-state index contributed by atoms with van der Waals surface area (Å²) in [4.78, 5) is 10.9. The molecule has 2 rings (SSSR count). The monoisotopic (exact) mass is 139 g/mol. The van der Waals surface area contributed by atoms with Crippen LogP contribution in [-0.2, 0) is 4.79 Å². The van der Waals surface area contributed by atoms with E-state index in [9.17, 15) is 4.79 Å². The zero-order valence-electron chi connectivity index (χ0n) is 6.10. The Morgan fingerprint density at radius 1 is 1.30 bits per heavy atom. The summed E-state index contributed by atoms with van der Waals surface area (Å²) in [5.74, 6) is 1.81. The van der Waals surface area contributed by atoms with Gasteiger partial charge in [-0.3, -0.25) is 4.79 Å². The van der Waals surface area contributed by atoms with E-state index in [1.807, 2.05) is 0 Å². The summed E-state index contributed by atoms with van der Waals surface area (Å²) in [5.41, 5.74) is 0. The highest BCUT2D eigenvalue weighted by atomic mass is 16.1. The van der Waals surface area contributed by atoms with Gasteiger partial charge in [0.05, 0.1) is 0 Å². The first-order valence-corrected chi connectivity index (χ1v) is 4.13. The molecule has 2 aliphatic rings. The minimum Gasteiger partial charge on any atom is -0.356 e. The first kappa shape index (κ1) is 6.20. The van der Waals surface area contributed by atoms with Gasteiger partial charge in [0.1, 0.15) is 0 Å². The van der Waals surface area contributed by atoms with Crippen molar-refractivity contribution in [2.75, 3.05) is 6.54 Å². The van der Waals surface area contributed by atoms with Crippen molar-refractivity contribution in [3.05, 3.63) is 0 Å². The number of rotatable bonds is 0. The normalized spacial score (nSPS) is 39.0. The maximum atomic E-state index is 10.9. The van der Waals surface area contributed by atoms with Gasteiger partial charge in [-0.15, -0.1) is 0 Å². The van der Waals surface area contributed by atoms with E-state index in [0.717, 1.165) is 24.8 Å². The third-order valence-corrected chi connectivity index (χ3v) is 2.83. The summed E-state index contributed by atoms with van der Waals surface area (Å²) < 4.78 is 0. The number of hydrogen-bond acceptors (Lipinski definition) is 1. The Labute approximate surface area is 61.0 Å². The number of amides is 1. The van der Waals surface area contributed by atoms with Gasteiger partial charge in [0.2, 0.25) is 5.91 Å². The highest BCUT2D eigenvalue weighted by molar-refractivity contribution is 5.77. The van der Waals surface area contributed by atoms with E-state index in [-0.39, 0.29) is 5.91 Å². The summed E-state index contributed by atoms with van der Waals surface area (Å²) in [5, 5.41) is 2.91. The molecular formula is C8H13NO. The second-order valence-electron chi connectivity index (χ2n) is 3.46. The van der Waals surface area contributed by atoms with Crippen LogP contribution in [0.5, 0.6) is 0 Å². The van der Waals surface area contributed by atoms with Gasteiger partial charge in [0.25, 0.3) is 0 Å². The summed E-state index contributed by atoms with van der Waals surface area (Å²) >= 11 is 0. The molecule has 10 heavy (non-hydrogen) atoms. The minimum atomic E-state index is 0.267. The summed E-state index contributed by atoms with van der Waals surface area (Å²) in [6.07, 6.45) is 4.76. The average molecular weight is 139 g/mol. The van der Waals surface area contributed by atoms with Gasteiger partial charge < -0.3 is 5.32 Å². The third kappa shape index (κ3) is 0.917. The fraction of sp³-hybridized carbons (Fsp3) is 0.875. The standard InChI is InChI=1S/C8H13NO/c10-8-4-6-2-1-3-7(6)5-9-8/h6-7H,1-5H2,(H,9,10). The molecule has 1 heterocycles. The molecule has 1 saturated carbocycles. The lowest BCUT2D eigenvalue weighted by molar-refractivity contribution is -0.124. The molecule has 2 unspecified atom stereocenters. The molecule has 1 aliphatic heterocycles. The highest BCUT2D eigenvalue weighted by Gasteiger charge is 2.32. The molecular weight excluding hydrogens is 126 g/mol. The molecule has 2 heteroatoms. The molecule has 0 radical (unpaired) electrons. The molecule has 0 aromatic carbocycles. The van der Waals surface area contributed by atoms with Crippen LogP contribution >= 0.6 is 0 Å². The van der Waals surface area contributed by atoms with Crippen LogP contribution in [0.3, 0.4) is 0 Å². The third-order valence-electron chi connectivity index (χ3n) is 2.83. The summed E-state index contributed by atoms with van der Waals surface area (Å²) in [6, 6.07) is 0. The van der Waals surface area contributed by atoms with Crippen molar-refractivity contribution in [1.82, 2.24) is 5.32 Å². The maximum Gasteiger partial charge on any atom is 0.220 e. The Morgan fingerprint density at radius 2 is 2.10 bits per heavy atom. The van der Waals surface area contributed by atoms with Gasteiger partial charge in [-0.1, -0.05) is 6.42 Å². The molecule has 0 spiro atoms. The maximum absolute atomic E-state index is 10.9. The lowest BCUT2D eigenvalue weighted by atomic mass is 9.89. The van der Waals surface area contributed by atoms with E-state index in [2.05, 4.69) is 5.32 Å². The van der Waals surface area contributed by atoms with Crippen LogP contribution in [0, 0.1) is 11.8 Å². The molecule has 1 saturated heterocycles. The average Bonchev–Trinajstić information content (AvgIpc) is 2.33. The molecule has 1 N–H and O–H groups in total. The van der Waals surface area contributed by atoms with Crippen molar-refractivity contribution >= 4 is 5.91 Å². The lowest BCUT2D eigenvalue weighted by Gasteiger charge is -2.24. The van der Waals surface area contributed by atoms with Crippen LogP contribution in [0.2, 0.25) is 0 Å². The smallest absolute Gasteiger partial charge is 0.220 e. The number of piperidine rings is 1.